The predicted octanol–water partition coefficient (Wildman–Crippen LogP) is 2.51. The molecule has 84 valence electrons. The fraction of sp³-hybridized carbons (Fsp3) is 0.0769. The minimum Gasteiger partial charge on any atom is -0.301 e. The van der Waals surface area contributed by atoms with E-state index < -0.39 is 0 Å². The largest absolute Gasteiger partial charge is 0.307 e. The Labute approximate surface area is 102 Å². The van der Waals surface area contributed by atoms with Gasteiger partial charge in [0.1, 0.15) is 0 Å². The van der Waals surface area contributed by atoms with Crippen LogP contribution in [-0.2, 0) is 6.54 Å². The number of pyridine rings is 1. The number of benzene rings is 1. The van der Waals surface area contributed by atoms with Crippen molar-refractivity contribution < 1.29 is 0 Å². The first-order chi connectivity index (χ1) is 8.34. The van der Waals surface area contributed by atoms with E-state index >= 15 is 0 Å². The molecule has 0 aliphatic heterocycles. The van der Waals surface area contributed by atoms with Gasteiger partial charge < -0.3 is 4.57 Å². The summed E-state index contributed by atoms with van der Waals surface area (Å²) in [5.74, 6) is 0. The molecule has 3 rings (SSSR count). The van der Waals surface area contributed by atoms with Crippen molar-refractivity contribution in [1.82, 2.24) is 9.55 Å². The quantitative estimate of drug-likeness (QED) is 0.692. The molecule has 3 nitrogen and oxygen atoms in total. The highest BCUT2D eigenvalue weighted by molar-refractivity contribution is 7.07. The van der Waals surface area contributed by atoms with Gasteiger partial charge in [0, 0.05) is 23.2 Å². The summed E-state index contributed by atoms with van der Waals surface area (Å²) in [6, 6.07) is 9.99. The van der Waals surface area contributed by atoms with E-state index in [0.717, 1.165) is 16.5 Å². The van der Waals surface area contributed by atoms with Crippen molar-refractivity contribution in [2.24, 2.45) is 0 Å². The molecule has 2 heterocycles. The molecule has 0 unspecified atom stereocenters. The second kappa shape index (κ2) is 4.14. The van der Waals surface area contributed by atoms with Gasteiger partial charge in [0.25, 0.3) is 0 Å². The van der Waals surface area contributed by atoms with E-state index in [1.54, 1.807) is 16.1 Å². The molecule has 0 aliphatic rings. The van der Waals surface area contributed by atoms with Gasteiger partial charge in [-0.2, -0.15) is 0 Å². The van der Waals surface area contributed by atoms with E-state index in [1.165, 1.54) is 11.3 Å². The summed E-state index contributed by atoms with van der Waals surface area (Å²) in [6.07, 6.45) is 3.59. The molecule has 0 N–H and O–H groups in total. The normalized spacial score (nSPS) is 10.8. The van der Waals surface area contributed by atoms with E-state index in [0.29, 0.717) is 6.54 Å². The summed E-state index contributed by atoms with van der Waals surface area (Å²) < 4.78 is 1.70. The van der Waals surface area contributed by atoms with Gasteiger partial charge in [-0.05, 0) is 11.6 Å². The lowest BCUT2D eigenvalue weighted by Crippen LogP contribution is -2.12. The van der Waals surface area contributed by atoms with Crippen LogP contribution < -0.4 is 4.87 Å². The third-order valence-corrected chi connectivity index (χ3v) is 3.40. The molecule has 0 fully saturated rings. The molecule has 0 atom stereocenters. The molecule has 0 amide bonds. The zero-order valence-corrected chi connectivity index (χ0v) is 9.85. The van der Waals surface area contributed by atoms with Crippen LogP contribution in [0.25, 0.3) is 10.9 Å². The molecule has 3 aromatic rings. The second-order valence-electron chi connectivity index (χ2n) is 3.79. The lowest BCUT2D eigenvalue weighted by molar-refractivity contribution is 0.787. The number of thiazole rings is 1. The number of aromatic nitrogens is 2. The molecular weight excluding hydrogens is 232 g/mol. The molecule has 2 aromatic heterocycles. The minimum atomic E-state index is 0.0675. The number of para-hydroxylation sites is 1. The summed E-state index contributed by atoms with van der Waals surface area (Å²) in [7, 11) is 0. The van der Waals surface area contributed by atoms with Crippen molar-refractivity contribution in [2.45, 2.75) is 6.54 Å². The Morgan fingerprint density at radius 3 is 2.94 bits per heavy atom. The number of fused-ring (bicyclic) bond motifs is 1. The maximum atomic E-state index is 11.5. The maximum Gasteiger partial charge on any atom is 0.307 e. The first-order valence-electron chi connectivity index (χ1n) is 5.31. The summed E-state index contributed by atoms with van der Waals surface area (Å²) in [5, 5.41) is 2.91. The van der Waals surface area contributed by atoms with Gasteiger partial charge in [-0.15, -0.1) is 0 Å². The van der Waals surface area contributed by atoms with Gasteiger partial charge in [-0.1, -0.05) is 35.6 Å². The van der Waals surface area contributed by atoms with Gasteiger partial charge in [0.05, 0.1) is 12.1 Å². The zero-order chi connectivity index (χ0) is 11.7. The number of nitrogens with zero attached hydrogens (tertiary/aromatic N) is 2. The smallest absolute Gasteiger partial charge is 0.301 e. The van der Waals surface area contributed by atoms with E-state index in [-0.39, 0.29) is 4.87 Å². The predicted molar refractivity (Wildman–Crippen MR) is 69.4 cm³/mol. The van der Waals surface area contributed by atoms with Crippen molar-refractivity contribution >= 4 is 22.2 Å². The number of hydrogen-bond donors (Lipinski definition) is 0. The van der Waals surface area contributed by atoms with Crippen molar-refractivity contribution in [2.75, 3.05) is 0 Å². The van der Waals surface area contributed by atoms with E-state index in [9.17, 15) is 4.79 Å². The standard InChI is InChI=1S/C13H10N2OS/c16-13-15(7-8-17-13)9-11-4-1-3-10-5-2-6-14-12(10)11/h1-8H,9H2. The SMILES string of the molecule is O=c1sccn1Cc1cccc2cccnc12. The highest BCUT2D eigenvalue weighted by Gasteiger charge is 2.03. The molecule has 0 bridgehead atoms. The van der Waals surface area contributed by atoms with Crippen molar-refractivity contribution in [3.8, 4) is 0 Å². The van der Waals surface area contributed by atoms with E-state index in [4.69, 9.17) is 0 Å². The molecule has 17 heavy (non-hydrogen) atoms. The van der Waals surface area contributed by atoms with E-state index in [2.05, 4.69) is 4.98 Å². The monoisotopic (exact) mass is 242 g/mol. The Balaban J connectivity index is 2.12. The number of hydrogen-bond acceptors (Lipinski definition) is 3. The highest BCUT2D eigenvalue weighted by Crippen LogP contribution is 2.16. The molecule has 0 aliphatic carbocycles. The van der Waals surface area contributed by atoms with Crippen LogP contribution in [0.5, 0.6) is 0 Å². The van der Waals surface area contributed by atoms with Crippen molar-refractivity contribution in [3.63, 3.8) is 0 Å². The second-order valence-corrected chi connectivity index (χ2v) is 4.65. The van der Waals surface area contributed by atoms with Gasteiger partial charge in [0.15, 0.2) is 0 Å². The average Bonchev–Trinajstić information content (AvgIpc) is 2.76. The Hall–Kier alpha value is -1.94. The summed E-state index contributed by atoms with van der Waals surface area (Å²) in [4.78, 5) is 16.0. The van der Waals surface area contributed by atoms with Gasteiger partial charge in [-0.3, -0.25) is 9.78 Å². The first kappa shape index (κ1) is 10.2. The van der Waals surface area contributed by atoms with Crippen molar-refractivity contribution in [3.05, 3.63) is 63.3 Å². The Morgan fingerprint density at radius 1 is 1.24 bits per heavy atom. The fourth-order valence-corrected chi connectivity index (χ4v) is 2.47. The van der Waals surface area contributed by atoms with E-state index in [1.807, 2.05) is 36.5 Å². The maximum absolute atomic E-state index is 11.5. The highest BCUT2D eigenvalue weighted by atomic mass is 32.1. The summed E-state index contributed by atoms with van der Waals surface area (Å²) >= 11 is 1.22. The molecule has 0 saturated carbocycles. The van der Waals surface area contributed by atoms with Crippen LogP contribution in [0.4, 0.5) is 0 Å². The van der Waals surface area contributed by atoms with Crippen LogP contribution in [-0.4, -0.2) is 9.55 Å². The molecule has 1 aromatic carbocycles. The molecule has 4 heteroatoms. The minimum absolute atomic E-state index is 0.0675. The molecule has 0 saturated heterocycles. The number of rotatable bonds is 2. The Morgan fingerprint density at radius 2 is 2.12 bits per heavy atom. The van der Waals surface area contributed by atoms with Crippen LogP contribution in [0.1, 0.15) is 5.56 Å². The lowest BCUT2D eigenvalue weighted by atomic mass is 10.1. The summed E-state index contributed by atoms with van der Waals surface area (Å²) in [6.45, 7) is 0.580. The Kier molecular flexibility index (Phi) is 2.49. The van der Waals surface area contributed by atoms with Crippen LogP contribution in [0.15, 0.2) is 52.9 Å². The van der Waals surface area contributed by atoms with Crippen LogP contribution in [0.3, 0.4) is 0 Å². The molecule has 0 radical (unpaired) electrons. The van der Waals surface area contributed by atoms with Gasteiger partial charge >= 0.3 is 4.87 Å². The van der Waals surface area contributed by atoms with Crippen LogP contribution >= 0.6 is 11.3 Å². The zero-order valence-electron chi connectivity index (χ0n) is 9.04. The molecule has 0 spiro atoms. The van der Waals surface area contributed by atoms with Crippen LogP contribution in [0, 0.1) is 0 Å². The fourth-order valence-electron chi connectivity index (χ4n) is 1.89. The van der Waals surface area contributed by atoms with Gasteiger partial charge in [0.2, 0.25) is 0 Å². The van der Waals surface area contributed by atoms with Crippen molar-refractivity contribution in [1.29, 1.82) is 0 Å². The third-order valence-electron chi connectivity index (χ3n) is 2.70. The molecular formula is C13H10N2OS. The third kappa shape index (κ3) is 1.87. The average molecular weight is 242 g/mol. The topological polar surface area (TPSA) is 34.9 Å². The summed E-state index contributed by atoms with van der Waals surface area (Å²) in [5.41, 5.74) is 2.04. The van der Waals surface area contributed by atoms with Gasteiger partial charge in [-0.25, -0.2) is 0 Å². The van der Waals surface area contributed by atoms with Crippen LogP contribution in [0.2, 0.25) is 0 Å². The first-order valence-corrected chi connectivity index (χ1v) is 6.19. The Bertz CT molecular complexity index is 709. The lowest BCUT2D eigenvalue weighted by Gasteiger charge is -2.05.